The average molecular weight is 277 g/mol. The Morgan fingerprint density at radius 1 is 0.900 bits per heavy atom. The average Bonchev–Trinajstić information content (AvgIpc) is 2.87. The summed E-state index contributed by atoms with van der Waals surface area (Å²) in [6, 6.07) is 3.18. The van der Waals surface area contributed by atoms with E-state index in [-0.39, 0.29) is 22.5 Å². The van der Waals surface area contributed by atoms with Crippen LogP contribution >= 0.6 is 0 Å². The van der Waals surface area contributed by atoms with E-state index in [1.54, 1.807) is 0 Å². The van der Waals surface area contributed by atoms with Crippen LogP contribution < -0.4 is 0 Å². The summed E-state index contributed by atoms with van der Waals surface area (Å²) >= 11 is 0. The van der Waals surface area contributed by atoms with Gasteiger partial charge in [-0.15, -0.1) is 5.10 Å². The third-order valence-corrected chi connectivity index (χ3v) is 2.42. The first-order chi connectivity index (χ1) is 9.40. The highest BCUT2D eigenvalue weighted by molar-refractivity contribution is 5.95. The lowest BCUT2D eigenvalue weighted by Gasteiger charge is -2.06. The molecule has 1 heterocycles. The van der Waals surface area contributed by atoms with Crippen LogP contribution in [0.25, 0.3) is 5.69 Å². The molecule has 1 aromatic heterocycles. The van der Waals surface area contributed by atoms with E-state index in [9.17, 15) is 14.4 Å². The SMILES string of the molecule is O=C(O)c1cc(C(=O)O)cc(-n2nncc2C(=O)O)c1. The number of carboxylic acids is 3. The Labute approximate surface area is 110 Å². The summed E-state index contributed by atoms with van der Waals surface area (Å²) < 4.78 is 0.848. The van der Waals surface area contributed by atoms with Gasteiger partial charge in [0.15, 0.2) is 5.69 Å². The molecule has 3 N–H and O–H groups in total. The number of carbonyl (C=O) groups is 3. The summed E-state index contributed by atoms with van der Waals surface area (Å²) in [5.41, 5.74) is -0.931. The van der Waals surface area contributed by atoms with Gasteiger partial charge in [0, 0.05) is 0 Å². The van der Waals surface area contributed by atoms with E-state index in [0.717, 1.165) is 29.1 Å². The molecule has 2 rings (SSSR count). The van der Waals surface area contributed by atoms with Gasteiger partial charge in [0.05, 0.1) is 23.0 Å². The monoisotopic (exact) mass is 277 g/mol. The third-order valence-electron chi connectivity index (χ3n) is 2.42. The number of aromatic nitrogens is 3. The van der Waals surface area contributed by atoms with Crippen LogP contribution in [0.3, 0.4) is 0 Å². The summed E-state index contributed by atoms with van der Waals surface area (Å²) in [4.78, 5) is 32.9. The highest BCUT2D eigenvalue weighted by Gasteiger charge is 2.17. The van der Waals surface area contributed by atoms with E-state index in [4.69, 9.17) is 15.3 Å². The van der Waals surface area contributed by atoms with Gasteiger partial charge in [-0.1, -0.05) is 5.21 Å². The highest BCUT2D eigenvalue weighted by atomic mass is 16.4. The molecule has 0 saturated carbocycles. The molecule has 0 aliphatic carbocycles. The molecular formula is C11H7N3O6. The zero-order valence-electron chi connectivity index (χ0n) is 9.72. The van der Waals surface area contributed by atoms with Crippen molar-refractivity contribution in [3.63, 3.8) is 0 Å². The largest absolute Gasteiger partial charge is 0.478 e. The molecule has 0 aliphatic rings. The Kier molecular flexibility index (Phi) is 3.17. The summed E-state index contributed by atoms with van der Waals surface area (Å²) in [6.07, 6.45) is 0.968. The molecule has 1 aromatic carbocycles. The van der Waals surface area contributed by atoms with E-state index in [0.29, 0.717) is 0 Å². The first-order valence-corrected chi connectivity index (χ1v) is 5.16. The molecule has 0 bridgehead atoms. The Morgan fingerprint density at radius 3 is 1.90 bits per heavy atom. The van der Waals surface area contributed by atoms with E-state index < -0.39 is 17.9 Å². The second-order valence-corrected chi connectivity index (χ2v) is 3.72. The van der Waals surface area contributed by atoms with Crippen LogP contribution in [0.5, 0.6) is 0 Å². The molecule has 0 aliphatic heterocycles. The maximum atomic E-state index is 11.0. The lowest BCUT2D eigenvalue weighted by atomic mass is 10.1. The first kappa shape index (κ1) is 13.2. The number of nitrogens with zero attached hydrogens (tertiary/aromatic N) is 3. The molecule has 2 aromatic rings. The Balaban J connectivity index is 2.67. The van der Waals surface area contributed by atoms with Crippen LogP contribution in [0.2, 0.25) is 0 Å². The standard InChI is InChI=1S/C11H7N3O6/c15-9(16)5-1-6(10(17)18)3-7(2-5)14-8(11(19)20)4-12-13-14/h1-4H,(H,15,16)(H,17,18)(H,19,20). The van der Waals surface area contributed by atoms with Crippen molar-refractivity contribution in [1.82, 2.24) is 15.0 Å². The van der Waals surface area contributed by atoms with Crippen molar-refractivity contribution in [2.24, 2.45) is 0 Å². The van der Waals surface area contributed by atoms with Crippen molar-refractivity contribution in [3.8, 4) is 5.69 Å². The molecule has 9 heteroatoms. The zero-order valence-corrected chi connectivity index (χ0v) is 9.72. The Hall–Kier alpha value is -3.23. The van der Waals surface area contributed by atoms with Gasteiger partial charge >= 0.3 is 17.9 Å². The van der Waals surface area contributed by atoms with Crippen LogP contribution in [0.1, 0.15) is 31.2 Å². The lowest BCUT2D eigenvalue weighted by molar-refractivity contribution is 0.0678. The van der Waals surface area contributed by atoms with E-state index >= 15 is 0 Å². The minimum atomic E-state index is -1.34. The summed E-state index contributed by atoms with van der Waals surface area (Å²) in [5, 5.41) is 33.7. The molecule has 0 saturated heterocycles. The molecule has 9 nitrogen and oxygen atoms in total. The molecule has 0 fully saturated rings. The molecule has 102 valence electrons. The topological polar surface area (TPSA) is 143 Å². The maximum Gasteiger partial charge on any atom is 0.356 e. The normalized spacial score (nSPS) is 10.2. The predicted molar refractivity (Wildman–Crippen MR) is 62.2 cm³/mol. The van der Waals surface area contributed by atoms with Crippen molar-refractivity contribution >= 4 is 17.9 Å². The van der Waals surface area contributed by atoms with Crippen LogP contribution in [0.4, 0.5) is 0 Å². The summed E-state index contributed by atoms with van der Waals surface area (Å²) in [6.45, 7) is 0. The van der Waals surface area contributed by atoms with Crippen LogP contribution in [0, 0.1) is 0 Å². The molecule has 0 atom stereocenters. The van der Waals surface area contributed by atoms with Gasteiger partial charge in [0.25, 0.3) is 0 Å². The Bertz CT molecular complexity index is 688. The fraction of sp³-hybridized carbons (Fsp3) is 0. The van der Waals surface area contributed by atoms with Crippen molar-refractivity contribution in [2.45, 2.75) is 0 Å². The number of benzene rings is 1. The highest BCUT2D eigenvalue weighted by Crippen LogP contribution is 2.16. The fourth-order valence-electron chi connectivity index (χ4n) is 1.55. The molecule has 0 radical (unpaired) electrons. The summed E-state index contributed by atoms with van der Waals surface area (Å²) in [5.74, 6) is -4.01. The molecule has 0 unspecified atom stereocenters. The van der Waals surface area contributed by atoms with Gasteiger partial charge in [-0.05, 0) is 18.2 Å². The van der Waals surface area contributed by atoms with Gasteiger partial charge in [0.2, 0.25) is 0 Å². The maximum absolute atomic E-state index is 11.0. The number of aromatic carboxylic acids is 3. The quantitative estimate of drug-likeness (QED) is 0.726. The van der Waals surface area contributed by atoms with E-state index in [2.05, 4.69) is 10.3 Å². The van der Waals surface area contributed by atoms with Gasteiger partial charge < -0.3 is 15.3 Å². The van der Waals surface area contributed by atoms with Gasteiger partial charge in [-0.2, -0.15) is 0 Å². The van der Waals surface area contributed by atoms with Crippen LogP contribution in [-0.2, 0) is 0 Å². The predicted octanol–water partition coefficient (Wildman–Crippen LogP) is 0.362. The molecular weight excluding hydrogens is 270 g/mol. The molecule has 0 spiro atoms. The van der Waals surface area contributed by atoms with E-state index in [1.807, 2.05) is 0 Å². The van der Waals surface area contributed by atoms with Crippen molar-refractivity contribution in [2.75, 3.05) is 0 Å². The minimum Gasteiger partial charge on any atom is -0.478 e. The zero-order chi connectivity index (χ0) is 14.9. The first-order valence-electron chi connectivity index (χ1n) is 5.16. The number of carboxylic acid groups (broad SMARTS) is 3. The number of rotatable bonds is 4. The second kappa shape index (κ2) is 4.80. The smallest absolute Gasteiger partial charge is 0.356 e. The number of hydrogen-bond acceptors (Lipinski definition) is 5. The second-order valence-electron chi connectivity index (χ2n) is 3.72. The van der Waals surface area contributed by atoms with Gasteiger partial charge in [0.1, 0.15) is 0 Å². The van der Waals surface area contributed by atoms with Crippen LogP contribution in [0.15, 0.2) is 24.4 Å². The van der Waals surface area contributed by atoms with Crippen molar-refractivity contribution in [1.29, 1.82) is 0 Å². The van der Waals surface area contributed by atoms with Crippen LogP contribution in [-0.4, -0.2) is 48.2 Å². The summed E-state index contributed by atoms with van der Waals surface area (Å²) in [7, 11) is 0. The Morgan fingerprint density at radius 2 is 1.45 bits per heavy atom. The van der Waals surface area contributed by atoms with Crippen molar-refractivity contribution < 1.29 is 29.7 Å². The third kappa shape index (κ3) is 2.32. The van der Waals surface area contributed by atoms with Gasteiger partial charge in [-0.3, -0.25) is 0 Å². The number of hydrogen-bond donors (Lipinski definition) is 3. The lowest BCUT2D eigenvalue weighted by Crippen LogP contribution is -2.11. The fourth-order valence-corrected chi connectivity index (χ4v) is 1.55. The minimum absolute atomic E-state index is 0.0165. The molecule has 0 amide bonds. The van der Waals surface area contributed by atoms with E-state index in [1.165, 1.54) is 0 Å². The molecule has 20 heavy (non-hydrogen) atoms. The van der Waals surface area contributed by atoms with Gasteiger partial charge in [-0.25, -0.2) is 19.1 Å². The van der Waals surface area contributed by atoms with Crippen molar-refractivity contribution in [3.05, 3.63) is 41.2 Å².